The largest absolute Gasteiger partial charge is 0.434 e. The highest BCUT2D eigenvalue weighted by Crippen LogP contribution is 2.23. The van der Waals surface area contributed by atoms with Crippen LogP contribution in [0.5, 0.6) is 5.75 Å². The average Bonchev–Trinajstić information content (AvgIpc) is 3.44. The maximum atomic E-state index is 12.4. The number of benzene rings is 1. The molecule has 0 aromatic heterocycles. The molecule has 2 fully saturated rings. The number of nitrogens with one attached hydrogen (secondary N) is 2. The van der Waals surface area contributed by atoms with Gasteiger partial charge in [-0.15, -0.1) is 0 Å². The molecule has 8 heteroatoms. The summed E-state index contributed by atoms with van der Waals surface area (Å²) >= 11 is 0. The zero-order valence-electron chi connectivity index (χ0n) is 14.4. The van der Waals surface area contributed by atoms with Crippen molar-refractivity contribution in [3.8, 4) is 5.75 Å². The molecular weight excluding hydrogens is 344 g/mol. The maximum Gasteiger partial charge on any atom is 0.387 e. The molecule has 1 aromatic carbocycles. The third-order valence-corrected chi connectivity index (χ3v) is 4.70. The van der Waals surface area contributed by atoms with Crippen LogP contribution in [0.3, 0.4) is 0 Å². The number of rotatable bonds is 6. The number of carbonyl (C=O) groups excluding carboxylic acids is 2. The third-order valence-electron chi connectivity index (χ3n) is 4.70. The summed E-state index contributed by atoms with van der Waals surface area (Å²) in [5.41, 5.74) is 0.486. The van der Waals surface area contributed by atoms with Crippen molar-refractivity contribution in [2.75, 3.05) is 13.1 Å². The van der Waals surface area contributed by atoms with Crippen LogP contribution in [0.4, 0.5) is 13.6 Å². The van der Waals surface area contributed by atoms with Gasteiger partial charge in [-0.05, 0) is 31.7 Å². The summed E-state index contributed by atoms with van der Waals surface area (Å²) in [6, 6.07) is 6.45. The van der Waals surface area contributed by atoms with Crippen LogP contribution >= 0.6 is 0 Å². The number of hydrogen-bond acceptors (Lipinski definition) is 3. The van der Waals surface area contributed by atoms with E-state index in [2.05, 4.69) is 15.4 Å². The average molecular weight is 367 g/mol. The minimum atomic E-state index is -2.91. The summed E-state index contributed by atoms with van der Waals surface area (Å²) in [5, 5.41) is 5.73. The van der Waals surface area contributed by atoms with E-state index in [0.29, 0.717) is 37.5 Å². The molecule has 1 aromatic rings. The van der Waals surface area contributed by atoms with E-state index in [1.54, 1.807) is 23.1 Å². The molecule has 3 amide bonds. The molecule has 26 heavy (non-hydrogen) atoms. The molecule has 3 rings (SSSR count). The van der Waals surface area contributed by atoms with Crippen LogP contribution in [0.1, 0.15) is 31.2 Å². The number of nitrogens with zero attached hydrogens (tertiary/aromatic N) is 1. The van der Waals surface area contributed by atoms with E-state index in [1.807, 2.05) is 0 Å². The van der Waals surface area contributed by atoms with Crippen molar-refractivity contribution >= 4 is 11.9 Å². The van der Waals surface area contributed by atoms with Gasteiger partial charge >= 0.3 is 12.6 Å². The van der Waals surface area contributed by atoms with E-state index < -0.39 is 6.61 Å². The smallest absolute Gasteiger partial charge is 0.387 e. The molecule has 2 aliphatic rings. The van der Waals surface area contributed by atoms with Gasteiger partial charge in [0.1, 0.15) is 5.75 Å². The van der Waals surface area contributed by atoms with Crippen LogP contribution < -0.4 is 15.4 Å². The maximum absolute atomic E-state index is 12.4. The highest BCUT2D eigenvalue weighted by atomic mass is 19.3. The second-order valence-corrected chi connectivity index (χ2v) is 6.69. The van der Waals surface area contributed by atoms with Crippen molar-refractivity contribution in [1.29, 1.82) is 0 Å². The Bertz CT molecular complexity index is 644. The van der Waals surface area contributed by atoms with Gasteiger partial charge in [0.05, 0.1) is 0 Å². The number of urea groups is 1. The second kappa shape index (κ2) is 8.33. The van der Waals surface area contributed by atoms with Gasteiger partial charge in [0, 0.05) is 37.2 Å². The third kappa shape index (κ3) is 5.06. The normalized spacial score (nSPS) is 17.9. The highest BCUT2D eigenvalue weighted by molar-refractivity contribution is 5.80. The molecular formula is C18H23F2N3O3. The van der Waals surface area contributed by atoms with Crippen LogP contribution in [-0.2, 0) is 11.3 Å². The van der Waals surface area contributed by atoms with E-state index in [4.69, 9.17) is 0 Å². The first-order valence-corrected chi connectivity index (χ1v) is 8.89. The second-order valence-electron chi connectivity index (χ2n) is 6.69. The Balaban J connectivity index is 1.45. The van der Waals surface area contributed by atoms with Crippen LogP contribution in [0, 0.1) is 5.92 Å². The first-order valence-electron chi connectivity index (χ1n) is 8.89. The Kier molecular flexibility index (Phi) is 5.90. The predicted molar refractivity (Wildman–Crippen MR) is 90.8 cm³/mol. The van der Waals surface area contributed by atoms with Gasteiger partial charge in [-0.3, -0.25) is 4.79 Å². The quantitative estimate of drug-likeness (QED) is 0.812. The van der Waals surface area contributed by atoms with Crippen molar-refractivity contribution < 1.29 is 23.1 Å². The Morgan fingerprint density at radius 2 is 1.85 bits per heavy atom. The number of para-hydroxylation sites is 1. The number of amides is 3. The highest BCUT2D eigenvalue weighted by Gasteiger charge is 2.31. The van der Waals surface area contributed by atoms with Crippen LogP contribution in [0.2, 0.25) is 0 Å². The number of alkyl halides is 2. The molecule has 1 saturated carbocycles. The Labute approximate surface area is 150 Å². The van der Waals surface area contributed by atoms with Crippen molar-refractivity contribution in [2.24, 2.45) is 5.92 Å². The van der Waals surface area contributed by atoms with E-state index in [9.17, 15) is 18.4 Å². The van der Waals surface area contributed by atoms with Crippen LogP contribution in [0.25, 0.3) is 0 Å². The van der Waals surface area contributed by atoms with Gasteiger partial charge in [0.2, 0.25) is 5.91 Å². The number of hydrogen-bond donors (Lipinski definition) is 2. The number of halogens is 2. The zero-order chi connectivity index (χ0) is 18.5. The SMILES string of the molecule is O=C(NC1CC1)C1CCN(C(=O)NCc2ccccc2OC(F)F)CC1. The minimum absolute atomic E-state index is 0.0418. The lowest BCUT2D eigenvalue weighted by Gasteiger charge is -2.31. The predicted octanol–water partition coefficient (Wildman–Crippen LogP) is 2.49. The molecule has 2 N–H and O–H groups in total. The summed E-state index contributed by atoms with van der Waals surface area (Å²) in [7, 11) is 0. The van der Waals surface area contributed by atoms with E-state index >= 15 is 0 Å². The van der Waals surface area contributed by atoms with Gasteiger partial charge in [0.25, 0.3) is 0 Å². The number of piperidine rings is 1. The Morgan fingerprint density at radius 3 is 2.50 bits per heavy atom. The molecule has 1 saturated heterocycles. The summed E-state index contributed by atoms with van der Waals surface area (Å²) in [6.45, 7) is -1.80. The molecule has 0 radical (unpaired) electrons. The van der Waals surface area contributed by atoms with E-state index in [0.717, 1.165) is 12.8 Å². The first kappa shape index (κ1) is 18.4. The Morgan fingerprint density at radius 1 is 1.15 bits per heavy atom. The van der Waals surface area contributed by atoms with Gasteiger partial charge in [-0.2, -0.15) is 8.78 Å². The fraction of sp³-hybridized carbons (Fsp3) is 0.556. The first-order chi connectivity index (χ1) is 12.5. The molecule has 0 unspecified atom stereocenters. The van der Waals surface area contributed by atoms with Crippen LogP contribution in [-0.4, -0.2) is 42.6 Å². The fourth-order valence-corrected chi connectivity index (χ4v) is 3.03. The van der Waals surface area contributed by atoms with Gasteiger partial charge in [-0.1, -0.05) is 18.2 Å². The van der Waals surface area contributed by atoms with Gasteiger partial charge in [-0.25, -0.2) is 4.79 Å². The molecule has 6 nitrogen and oxygen atoms in total. The lowest BCUT2D eigenvalue weighted by molar-refractivity contribution is -0.126. The monoisotopic (exact) mass is 367 g/mol. The van der Waals surface area contributed by atoms with E-state index in [-0.39, 0.29) is 30.2 Å². The van der Waals surface area contributed by atoms with Crippen molar-refractivity contribution in [3.05, 3.63) is 29.8 Å². The fourth-order valence-electron chi connectivity index (χ4n) is 3.03. The molecule has 0 spiro atoms. The topological polar surface area (TPSA) is 70.7 Å². The summed E-state index contributed by atoms with van der Waals surface area (Å²) < 4.78 is 29.3. The number of ether oxygens (including phenoxy) is 1. The van der Waals surface area contributed by atoms with Gasteiger partial charge in [0.15, 0.2) is 0 Å². The number of likely N-dealkylation sites (tertiary alicyclic amines) is 1. The summed E-state index contributed by atoms with van der Waals surface area (Å²) in [4.78, 5) is 26.0. The standard InChI is InChI=1S/C18H23F2N3O3/c19-17(20)26-15-4-2-1-3-13(15)11-21-18(25)23-9-7-12(8-10-23)16(24)22-14-5-6-14/h1-4,12,14,17H,5-11H2,(H,21,25)(H,22,24). The molecule has 0 atom stereocenters. The zero-order valence-corrected chi connectivity index (χ0v) is 14.4. The number of carbonyl (C=O) groups is 2. The molecule has 1 aliphatic carbocycles. The molecule has 1 aliphatic heterocycles. The van der Waals surface area contributed by atoms with Crippen LogP contribution in [0.15, 0.2) is 24.3 Å². The van der Waals surface area contributed by atoms with E-state index in [1.165, 1.54) is 6.07 Å². The molecule has 0 bridgehead atoms. The summed E-state index contributed by atoms with van der Waals surface area (Å²) in [6.07, 6.45) is 3.39. The lowest BCUT2D eigenvalue weighted by atomic mass is 9.96. The van der Waals surface area contributed by atoms with Gasteiger partial charge < -0.3 is 20.3 Å². The Hall–Kier alpha value is -2.38. The minimum Gasteiger partial charge on any atom is -0.434 e. The van der Waals surface area contributed by atoms with Crippen molar-refractivity contribution in [1.82, 2.24) is 15.5 Å². The van der Waals surface area contributed by atoms with Crippen molar-refractivity contribution in [3.63, 3.8) is 0 Å². The molecule has 142 valence electrons. The summed E-state index contributed by atoms with van der Waals surface area (Å²) in [5.74, 6) is 0.101. The lowest BCUT2D eigenvalue weighted by Crippen LogP contribution is -2.47. The molecule has 1 heterocycles. The van der Waals surface area contributed by atoms with Crippen molar-refractivity contribution in [2.45, 2.75) is 44.9 Å².